The van der Waals surface area contributed by atoms with Crippen LogP contribution in [0, 0.1) is 0 Å². The number of halogens is 3. The minimum Gasteiger partial charge on any atom is -0.313 e. The monoisotopic (exact) mass is 314 g/mol. The van der Waals surface area contributed by atoms with Crippen molar-refractivity contribution in [2.24, 2.45) is 0 Å². The van der Waals surface area contributed by atoms with Gasteiger partial charge in [0.25, 0.3) is 0 Å². The molecule has 1 heterocycles. The van der Waals surface area contributed by atoms with E-state index >= 15 is 0 Å². The lowest BCUT2D eigenvalue weighted by Gasteiger charge is -2.18. The molecule has 0 spiro atoms. The summed E-state index contributed by atoms with van der Waals surface area (Å²) >= 11 is 18.3. The van der Waals surface area contributed by atoms with Crippen LogP contribution >= 0.6 is 34.8 Å². The summed E-state index contributed by atoms with van der Waals surface area (Å²) in [6, 6.07) is 7.50. The fourth-order valence-electron chi connectivity index (χ4n) is 1.94. The van der Waals surface area contributed by atoms with Gasteiger partial charge in [-0.15, -0.1) is 0 Å². The Morgan fingerprint density at radius 2 is 1.95 bits per heavy atom. The number of likely N-dealkylation sites (N-methyl/N-ethyl adjacent to an activating group) is 1. The topological polar surface area (TPSA) is 24.9 Å². The molecule has 0 fully saturated rings. The maximum Gasteiger partial charge on any atom is 0.0622 e. The lowest BCUT2D eigenvalue weighted by Crippen LogP contribution is -2.19. The quantitative estimate of drug-likeness (QED) is 0.895. The van der Waals surface area contributed by atoms with E-state index in [2.05, 4.69) is 10.3 Å². The van der Waals surface area contributed by atoms with Crippen molar-refractivity contribution in [2.75, 3.05) is 7.05 Å². The van der Waals surface area contributed by atoms with Crippen molar-refractivity contribution < 1.29 is 0 Å². The first-order valence-corrected chi connectivity index (χ1v) is 6.96. The molecule has 2 rings (SSSR count). The molecule has 0 aliphatic heterocycles. The SMILES string of the molecule is CNC(Cc1ccncc1Cl)c1ccc(Cl)cc1Cl. The first-order valence-electron chi connectivity index (χ1n) is 5.82. The third kappa shape index (κ3) is 3.61. The molecule has 1 N–H and O–H groups in total. The molecular formula is C14H13Cl3N2. The van der Waals surface area contributed by atoms with Crippen LogP contribution in [0.5, 0.6) is 0 Å². The lowest BCUT2D eigenvalue weighted by atomic mass is 9.99. The molecule has 2 nitrogen and oxygen atoms in total. The second-order valence-electron chi connectivity index (χ2n) is 4.18. The van der Waals surface area contributed by atoms with Crippen LogP contribution in [0.25, 0.3) is 0 Å². The van der Waals surface area contributed by atoms with Crippen LogP contribution in [-0.4, -0.2) is 12.0 Å². The standard InChI is InChI=1S/C14H13Cl3N2/c1-18-14(6-9-4-5-19-8-13(9)17)11-3-2-10(15)7-12(11)16/h2-5,7-8,14,18H,6H2,1H3. The number of nitrogens with zero attached hydrogens (tertiary/aromatic N) is 1. The summed E-state index contributed by atoms with van der Waals surface area (Å²) in [5, 5.41) is 5.19. The van der Waals surface area contributed by atoms with Gasteiger partial charge in [0.15, 0.2) is 0 Å². The van der Waals surface area contributed by atoms with Crippen molar-refractivity contribution in [1.29, 1.82) is 0 Å². The zero-order valence-corrected chi connectivity index (χ0v) is 12.6. The van der Waals surface area contributed by atoms with Crippen molar-refractivity contribution in [2.45, 2.75) is 12.5 Å². The van der Waals surface area contributed by atoms with Gasteiger partial charge in [-0.2, -0.15) is 0 Å². The molecule has 2 aromatic rings. The molecule has 1 aromatic carbocycles. The number of aromatic nitrogens is 1. The Kier molecular flexibility index (Phi) is 5.06. The average Bonchev–Trinajstić information content (AvgIpc) is 2.39. The second-order valence-corrected chi connectivity index (χ2v) is 5.43. The van der Waals surface area contributed by atoms with E-state index in [1.165, 1.54) is 0 Å². The molecule has 0 amide bonds. The number of pyridine rings is 1. The van der Waals surface area contributed by atoms with Crippen molar-refractivity contribution >= 4 is 34.8 Å². The van der Waals surface area contributed by atoms with E-state index in [9.17, 15) is 0 Å². The van der Waals surface area contributed by atoms with E-state index < -0.39 is 0 Å². The summed E-state index contributed by atoms with van der Waals surface area (Å²) in [6.45, 7) is 0. The summed E-state index contributed by atoms with van der Waals surface area (Å²) < 4.78 is 0. The summed E-state index contributed by atoms with van der Waals surface area (Å²) in [6.07, 6.45) is 4.11. The Bertz CT molecular complexity index is 572. The van der Waals surface area contributed by atoms with E-state index in [0.29, 0.717) is 15.1 Å². The molecule has 0 aliphatic rings. The minimum atomic E-state index is 0.0738. The lowest BCUT2D eigenvalue weighted by molar-refractivity contribution is 0.592. The summed E-state index contributed by atoms with van der Waals surface area (Å²) in [5.74, 6) is 0. The Hall–Kier alpha value is -0.800. The van der Waals surface area contributed by atoms with Gasteiger partial charge in [0.1, 0.15) is 0 Å². The zero-order chi connectivity index (χ0) is 13.8. The molecule has 0 bridgehead atoms. The Morgan fingerprint density at radius 1 is 1.16 bits per heavy atom. The van der Waals surface area contributed by atoms with Gasteiger partial charge >= 0.3 is 0 Å². The predicted molar refractivity (Wildman–Crippen MR) is 81.2 cm³/mol. The third-order valence-corrected chi connectivity index (χ3v) is 3.87. The van der Waals surface area contributed by atoms with Crippen molar-refractivity contribution in [3.63, 3.8) is 0 Å². The highest BCUT2D eigenvalue weighted by molar-refractivity contribution is 6.35. The molecule has 19 heavy (non-hydrogen) atoms. The third-order valence-electron chi connectivity index (χ3n) is 2.97. The molecule has 0 saturated carbocycles. The van der Waals surface area contributed by atoms with Crippen LogP contribution in [0.2, 0.25) is 15.1 Å². The Morgan fingerprint density at radius 3 is 2.58 bits per heavy atom. The van der Waals surface area contributed by atoms with E-state index in [1.807, 2.05) is 25.2 Å². The Balaban J connectivity index is 2.28. The fourth-order valence-corrected chi connectivity index (χ4v) is 2.68. The maximum absolute atomic E-state index is 6.24. The van der Waals surface area contributed by atoms with Gasteiger partial charge in [0.05, 0.1) is 5.02 Å². The normalized spacial score (nSPS) is 12.4. The summed E-state index contributed by atoms with van der Waals surface area (Å²) in [4.78, 5) is 3.98. The zero-order valence-electron chi connectivity index (χ0n) is 10.3. The van der Waals surface area contributed by atoms with Crippen molar-refractivity contribution in [3.05, 3.63) is 62.9 Å². The number of hydrogen-bond acceptors (Lipinski definition) is 2. The fraction of sp³-hybridized carbons (Fsp3) is 0.214. The summed E-state index contributed by atoms with van der Waals surface area (Å²) in [5.41, 5.74) is 2.03. The van der Waals surface area contributed by atoms with Gasteiger partial charge in [0.2, 0.25) is 0 Å². The van der Waals surface area contributed by atoms with Gasteiger partial charge in [-0.25, -0.2) is 0 Å². The molecule has 0 saturated heterocycles. The summed E-state index contributed by atoms with van der Waals surface area (Å²) in [7, 11) is 1.89. The first kappa shape index (κ1) is 14.6. The van der Waals surface area contributed by atoms with Crippen LogP contribution in [0.3, 0.4) is 0 Å². The molecule has 100 valence electrons. The molecule has 1 unspecified atom stereocenters. The number of hydrogen-bond donors (Lipinski definition) is 1. The van der Waals surface area contributed by atoms with Crippen LogP contribution in [0.15, 0.2) is 36.7 Å². The van der Waals surface area contributed by atoms with Crippen LogP contribution < -0.4 is 5.32 Å². The predicted octanol–water partition coefficient (Wildman–Crippen LogP) is 4.55. The van der Waals surface area contributed by atoms with E-state index in [4.69, 9.17) is 34.8 Å². The van der Waals surface area contributed by atoms with Crippen molar-refractivity contribution in [1.82, 2.24) is 10.3 Å². The van der Waals surface area contributed by atoms with Crippen LogP contribution in [-0.2, 0) is 6.42 Å². The molecule has 0 radical (unpaired) electrons. The van der Waals surface area contributed by atoms with Gasteiger partial charge in [0, 0.05) is 28.5 Å². The van der Waals surface area contributed by atoms with Gasteiger partial charge < -0.3 is 5.32 Å². The smallest absolute Gasteiger partial charge is 0.0622 e. The number of rotatable bonds is 4. The molecular weight excluding hydrogens is 303 g/mol. The molecule has 0 aliphatic carbocycles. The van der Waals surface area contributed by atoms with E-state index in [0.717, 1.165) is 17.5 Å². The van der Waals surface area contributed by atoms with Crippen LogP contribution in [0.1, 0.15) is 17.2 Å². The largest absolute Gasteiger partial charge is 0.313 e. The number of nitrogens with one attached hydrogen (secondary N) is 1. The highest BCUT2D eigenvalue weighted by atomic mass is 35.5. The van der Waals surface area contributed by atoms with Gasteiger partial charge in [-0.3, -0.25) is 4.98 Å². The van der Waals surface area contributed by atoms with Gasteiger partial charge in [-0.1, -0.05) is 40.9 Å². The van der Waals surface area contributed by atoms with E-state index in [1.54, 1.807) is 18.5 Å². The minimum absolute atomic E-state index is 0.0738. The Labute approximate surface area is 127 Å². The second kappa shape index (κ2) is 6.58. The molecule has 5 heteroatoms. The maximum atomic E-state index is 6.24. The van der Waals surface area contributed by atoms with Gasteiger partial charge in [-0.05, 0) is 42.8 Å². The van der Waals surface area contributed by atoms with E-state index in [-0.39, 0.29) is 6.04 Å². The number of benzene rings is 1. The first-order chi connectivity index (χ1) is 9.11. The molecule has 1 aromatic heterocycles. The molecule has 1 atom stereocenters. The average molecular weight is 316 g/mol. The van der Waals surface area contributed by atoms with Crippen LogP contribution in [0.4, 0.5) is 0 Å². The highest BCUT2D eigenvalue weighted by Crippen LogP contribution is 2.29. The van der Waals surface area contributed by atoms with Crippen molar-refractivity contribution in [3.8, 4) is 0 Å². The highest BCUT2D eigenvalue weighted by Gasteiger charge is 2.15.